The molecule has 1 aromatic carbocycles. The van der Waals surface area contributed by atoms with Crippen LogP contribution >= 0.6 is 0 Å². The molecule has 24 heavy (non-hydrogen) atoms. The molecule has 1 aliphatic carbocycles. The molecule has 0 aromatic heterocycles. The van der Waals surface area contributed by atoms with Crippen LogP contribution in [0.1, 0.15) is 60.7 Å². The van der Waals surface area contributed by atoms with Gasteiger partial charge in [-0.05, 0) is 31.7 Å². The molecule has 0 heterocycles. The van der Waals surface area contributed by atoms with Gasteiger partial charge in [0, 0.05) is 29.8 Å². The van der Waals surface area contributed by atoms with Crippen molar-refractivity contribution in [3.8, 4) is 0 Å². The van der Waals surface area contributed by atoms with Crippen molar-refractivity contribution in [3.63, 3.8) is 0 Å². The minimum absolute atomic E-state index is 0.0115. The van der Waals surface area contributed by atoms with E-state index in [1.807, 2.05) is 13.8 Å². The number of aromatic carboxylic acids is 1. The molecular weight excluding hydrogens is 312 g/mol. The third-order valence-electron chi connectivity index (χ3n) is 4.70. The number of rotatable bonds is 7. The third kappa shape index (κ3) is 3.72. The Balaban J connectivity index is 2.42. The zero-order chi connectivity index (χ0) is 18.0. The highest BCUT2D eigenvalue weighted by molar-refractivity contribution is 5.99. The summed E-state index contributed by atoms with van der Waals surface area (Å²) in [5, 5.41) is 20.2. The van der Waals surface area contributed by atoms with Crippen LogP contribution in [0.15, 0.2) is 18.2 Å². The summed E-state index contributed by atoms with van der Waals surface area (Å²) < 4.78 is 0. The second-order valence-electron chi connectivity index (χ2n) is 6.40. The number of non-ortho nitro benzene ring substituents is 1. The number of benzene rings is 1. The molecule has 2 unspecified atom stereocenters. The lowest BCUT2D eigenvalue weighted by Crippen LogP contribution is -2.43. The fourth-order valence-electron chi connectivity index (χ4n) is 2.76. The predicted octanol–water partition coefficient (Wildman–Crippen LogP) is 3.33. The number of carboxylic acids is 1. The first-order valence-electron chi connectivity index (χ1n) is 8.11. The summed E-state index contributed by atoms with van der Waals surface area (Å²) in [6.45, 7) is 6.08. The molecule has 7 heteroatoms. The molecule has 1 saturated carbocycles. The van der Waals surface area contributed by atoms with Gasteiger partial charge >= 0.3 is 5.97 Å². The number of hydrogen-bond donors (Lipinski definition) is 1. The molecule has 2 atom stereocenters. The van der Waals surface area contributed by atoms with Crippen LogP contribution < -0.4 is 0 Å². The Morgan fingerprint density at radius 2 is 1.88 bits per heavy atom. The van der Waals surface area contributed by atoms with Crippen LogP contribution in [0.3, 0.4) is 0 Å². The maximum atomic E-state index is 12.9. The van der Waals surface area contributed by atoms with Crippen molar-refractivity contribution in [2.45, 2.75) is 52.1 Å². The topological polar surface area (TPSA) is 101 Å². The largest absolute Gasteiger partial charge is 0.478 e. The monoisotopic (exact) mass is 334 g/mol. The minimum Gasteiger partial charge on any atom is -0.478 e. The first-order valence-corrected chi connectivity index (χ1v) is 8.11. The van der Waals surface area contributed by atoms with Crippen molar-refractivity contribution in [1.29, 1.82) is 0 Å². The average molecular weight is 334 g/mol. The number of nitro benzene ring substituents is 1. The summed E-state index contributed by atoms with van der Waals surface area (Å²) in [6, 6.07) is 3.47. The Hall–Kier alpha value is -2.44. The fraction of sp³-hybridized carbons (Fsp3) is 0.529. The summed E-state index contributed by atoms with van der Waals surface area (Å²) in [6.07, 6.45) is 2.73. The van der Waals surface area contributed by atoms with Crippen LogP contribution in [0.5, 0.6) is 0 Å². The number of nitro groups is 1. The third-order valence-corrected chi connectivity index (χ3v) is 4.70. The molecule has 0 radical (unpaired) electrons. The number of hydrogen-bond acceptors (Lipinski definition) is 4. The first-order chi connectivity index (χ1) is 11.3. The maximum Gasteiger partial charge on any atom is 0.335 e. The molecule has 1 fully saturated rings. The molecular formula is C17H22N2O5. The molecule has 0 bridgehead atoms. The lowest BCUT2D eigenvalue weighted by Gasteiger charge is -2.33. The number of carbonyl (C=O) groups excluding carboxylic acids is 1. The van der Waals surface area contributed by atoms with Crippen molar-refractivity contribution < 1.29 is 19.6 Å². The number of carboxylic acid groups (broad SMARTS) is 1. The van der Waals surface area contributed by atoms with E-state index in [0.717, 1.165) is 31.4 Å². The summed E-state index contributed by atoms with van der Waals surface area (Å²) in [5.74, 6) is -1.34. The van der Waals surface area contributed by atoms with Gasteiger partial charge in [-0.1, -0.05) is 20.3 Å². The summed E-state index contributed by atoms with van der Waals surface area (Å²) in [7, 11) is 0. The summed E-state index contributed by atoms with van der Waals surface area (Å²) >= 11 is 0. The molecule has 1 aliphatic rings. The molecule has 2 rings (SSSR count). The van der Waals surface area contributed by atoms with E-state index in [2.05, 4.69) is 6.92 Å². The van der Waals surface area contributed by atoms with E-state index in [-0.39, 0.29) is 40.7 Å². The van der Waals surface area contributed by atoms with E-state index in [1.54, 1.807) is 4.90 Å². The van der Waals surface area contributed by atoms with Gasteiger partial charge in [0.05, 0.1) is 10.5 Å². The van der Waals surface area contributed by atoms with Gasteiger partial charge in [0.25, 0.3) is 11.6 Å². The van der Waals surface area contributed by atoms with Gasteiger partial charge in [0.1, 0.15) is 0 Å². The smallest absolute Gasteiger partial charge is 0.335 e. The number of nitrogens with zero attached hydrogens (tertiary/aromatic N) is 2. The van der Waals surface area contributed by atoms with E-state index in [9.17, 15) is 19.7 Å². The molecule has 0 spiro atoms. The molecule has 1 amide bonds. The van der Waals surface area contributed by atoms with Gasteiger partial charge in [-0.2, -0.15) is 0 Å². The lowest BCUT2D eigenvalue weighted by atomic mass is 9.98. The lowest BCUT2D eigenvalue weighted by molar-refractivity contribution is -0.384. The van der Waals surface area contributed by atoms with Crippen LogP contribution in [0.25, 0.3) is 0 Å². The highest BCUT2D eigenvalue weighted by Gasteiger charge is 2.38. The minimum atomic E-state index is -1.29. The highest BCUT2D eigenvalue weighted by Crippen LogP contribution is 2.33. The van der Waals surface area contributed by atoms with E-state index in [0.29, 0.717) is 0 Å². The Morgan fingerprint density at radius 3 is 2.33 bits per heavy atom. The molecule has 7 nitrogen and oxygen atoms in total. The van der Waals surface area contributed by atoms with Crippen LogP contribution in [0.4, 0.5) is 5.69 Å². The second-order valence-corrected chi connectivity index (χ2v) is 6.40. The zero-order valence-corrected chi connectivity index (χ0v) is 14.1. The molecule has 0 saturated heterocycles. The van der Waals surface area contributed by atoms with Crippen molar-refractivity contribution >= 4 is 17.6 Å². The SMILES string of the molecule is CCC(C)C(C)N(C(=O)c1cc(C(=O)O)cc([N+](=O)[O-])c1)C1CC1. The van der Waals surface area contributed by atoms with E-state index >= 15 is 0 Å². The van der Waals surface area contributed by atoms with Crippen molar-refractivity contribution in [3.05, 3.63) is 39.4 Å². The van der Waals surface area contributed by atoms with E-state index in [1.165, 1.54) is 6.07 Å². The van der Waals surface area contributed by atoms with Crippen LogP contribution in [0, 0.1) is 16.0 Å². The Labute approximate surface area is 140 Å². The van der Waals surface area contributed by atoms with Crippen molar-refractivity contribution in [2.24, 2.45) is 5.92 Å². The quantitative estimate of drug-likeness (QED) is 0.609. The predicted molar refractivity (Wildman–Crippen MR) is 88.2 cm³/mol. The standard InChI is InChI=1S/C17H22N2O5/c1-4-10(2)11(3)18(14-5-6-14)16(20)12-7-13(17(21)22)9-15(8-12)19(23)24/h7-11,14H,4-6H2,1-3H3,(H,21,22). The van der Waals surface area contributed by atoms with Gasteiger partial charge in [-0.3, -0.25) is 14.9 Å². The van der Waals surface area contributed by atoms with Gasteiger partial charge in [-0.25, -0.2) is 4.79 Å². The Morgan fingerprint density at radius 1 is 1.29 bits per heavy atom. The van der Waals surface area contributed by atoms with E-state index in [4.69, 9.17) is 5.11 Å². The van der Waals surface area contributed by atoms with E-state index < -0.39 is 10.9 Å². The van der Waals surface area contributed by atoms with Crippen molar-refractivity contribution in [2.75, 3.05) is 0 Å². The average Bonchev–Trinajstić information content (AvgIpc) is 3.38. The fourth-order valence-corrected chi connectivity index (χ4v) is 2.76. The summed E-state index contributed by atoms with van der Waals surface area (Å²) in [5.41, 5.74) is -0.576. The van der Waals surface area contributed by atoms with Gasteiger partial charge in [0.15, 0.2) is 0 Å². The number of amides is 1. The first kappa shape index (κ1) is 17.9. The van der Waals surface area contributed by atoms with Gasteiger partial charge in [-0.15, -0.1) is 0 Å². The van der Waals surface area contributed by atoms with Crippen LogP contribution in [-0.2, 0) is 0 Å². The molecule has 130 valence electrons. The Bertz CT molecular complexity index is 637. The van der Waals surface area contributed by atoms with Gasteiger partial charge in [0.2, 0.25) is 0 Å². The zero-order valence-electron chi connectivity index (χ0n) is 14.1. The normalized spacial score (nSPS) is 16.3. The van der Waals surface area contributed by atoms with Gasteiger partial charge < -0.3 is 10.0 Å². The van der Waals surface area contributed by atoms with Crippen molar-refractivity contribution in [1.82, 2.24) is 4.90 Å². The summed E-state index contributed by atoms with van der Waals surface area (Å²) in [4.78, 5) is 36.3. The number of carbonyl (C=O) groups is 2. The second kappa shape index (κ2) is 6.98. The highest BCUT2D eigenvalue weighted by atomic mass is 16.6. The molecule has 1 N–H and O–H groups in total. The van der Waals surface area contributed by atoms with Crippen LogP contribution in [0.2, 0.25) is 0 Å². The maximum absolute atomic E-state index is 12.9. The molecule has 0 aliphatic heterocycles. The Kier molecular flexibility index (Phi) is 5.21. The molecule has 1 aromatic rings. The van der Waals surface area contributed by atoms with Crippen LogP contribution in [-0.4, -0.2) is 38.9 Å².